The molecule has 15 nitrogen and oxygen atoms in total. The maximum atomic E-state index is 14.8. The molecule has 4 N–H and O–H groups in total. The zero-order valence-electron chi connectivity index (χ0n) is 35.0. The van der Waals surface area contributed by atoms with Gasteiger partial charge in [-0.05, 0) is 80.3 Å². The van der Waals surface area contributed by atoms with Gasteiger partial charge in [0.2, 0.25) is 11.8 Å². The monoisotopic (exact) mass is 827 g/mol. The van der Waals surface area contributed by atoms with E-state index in [4.69, 9.17) is 9.47 Å². The summed E-state index contributed by atoms with van der Waals surface area (Å²) in [4.78, 5) is 87.6. The molecule has 4 rings (SSSR count). The molecule has 7 atom stereocenters. The van der Waals surface area contributed by atoms with Gasteiger partial charge in [0, 0.05) is 37.2 Å². The average molecular weight is 828 g/mol. The lowest BCUT2D eigenvalue weighted by atomic mass is 9.80. The van der Waals surface area contributed by atoms with Gasteiger partial charge in [-0.25, -0.2) is 4.98 Å². The Hall–Kier alpha value is -4.57. The van der Waals surface area contributed by atoms with Gasteiger partial charge < -0.3 is 35.2 Å². The van der Waals surface area contributed by atoms with Crippen molar-refractivity contribution in [1.29, 1.82) is 0 Å². The van der Waals surface area contributed by atoms with Crippen LogP contribution in [0.15, 0.2) is 23.6 Å². The number of nitrogens with one attached hydrogen (secondary N) is 2. The Morgan fingerprint density at radius 3 is 2.43 bits per heavy atom. The number of hydrogen-bond donors (Lipinski definition) is 4. The molecule has 0 spiro atoms. The van der Waals surface area contributed by atoms with Gasteiger partial charge in [0.15, 0.2) is 12.8 Å². The van der Waals surface area contributed by atoms with Crippen molar-refractivity contribution in [2.75, 3.05) is 20.3 Å². The number of carbonyl (C=O) groups excluding carboxylic acids is 5. The first-order chi connectivity index (χ1) is 27.4. The van der Waals surface area contributed by atoms with Gasteiger partial charge in [-0.15, -0.1) is 11.3 Å². The first kappa shape index (κ1) is 46.1. The number of amides is 3. The van der Waals surface area contributed by atoms with E-state index in [-0.39, 0.29) is 67.1 Å². The number of phenols is 1. The summed E-state index contributed by atoms with van der Waals surface area (Å²) in [7, 11) is 1.90. The molecule has 2 aliphatic rings. The molecule has 2 aromatic rings. The molecule has 320 valence electrons. The molecule has 1 aromatic carbocycles. The molecule has 58 heavy (non-hydrogen) atoms. The van der Waals surface area contributed by atoms with Crippen LogP contribution in [0.4, 0.5) is 0 Å². The number of aromatic hydroxyl groups is 1. The maximum Gasteiger partial charge on any atom is 0.311 e. The molecular weight excluding hydrogens is 767 g/mol. The number of phenolic OH excluding ortho intramolecular Hbond substituents is 1. The molecular formula is C42H61N5O10S. The zero-order chi connectivity index (χ0) is 42.8. The Morgan fingerprint density at radius 1 is 1.09 bits per heavy atom. The number of likely N-dealkylation sites (N-methyl/N-ethyl adjacent to an activating group) is 1. The minimum atomic E-state index is -1.07. The number of carboxylic acid groups (broad SMARTS) is 1. The maximum absolute atomic E-state index is 14.8. The van der Waals surface area contributed by atoms with Crippen LogP contribution < -0.4 is 10.6 Å². The molecule has 1 aromatic heterocycles. The second-order valence-electron chi connectivity index (χ2n) is 16.5. The zero-order valence-corrected chi connectivity index (χ0v) is 35.8. The normalized spacial score (nSPS) is 20.3. The van der Waals surface area contributed by atoms with Crippen molar-refractivity contribution >= 4 is 47.0 Å². The van der Waals surface area contributed by atoms with Crippen molar-refractivity contribution in [3.05, 3.63) is 45.4 Å². The van der Waals surface area contributed by atoms with Crippen LogP contribution in [-0.2, 0) is 39.9 Å². The smallest absolute Gasteiger partial charge is 0.311 e. The lowest BCUT2D eigenvalue weighted by Gasteiger charge is -2.39. The number of thiazole rings is 1. The third kappa shape index (κ3) is 12.2. The molecule has 0 saturated carbocycles. The molecule has 1 saturated heterocycles. The number of fused-ring (bicyclic) bond motifs is 1. The Bertz CT molecular complexity index is 1780. The second kappa shape index (κ2) is 20.9. The fraction of sp³-hybridized carbons (Fsp3) is 0.643. The number of likely N-dealkylation sites (tertiary alicyclic amines) is 1. The summed E-state index contributed by atoms with van der Waals surface area (Å²) >= 11 is 1.10. The van der Waals surface area contributed by atoms with E-state index >= 15 is 0 Å². The number of esters is 2. The van der Waals surface area contributed by atoms with E-state index in [2.05, 4.69) is 15.6 Å². The number of carboxylic acids is 1. The van der Waals surface area contributed by atoms with Crippen LogP contribution >= 0.6 is 11.3 Å². The van der Waals surface area contributed by atoms with Crippen molar-refractivity contribution < 1.29 is 48.5 Å². The topological polar surface area (TPSA) is 205 Å². The molecule has 3 amide bonds. The first-order valence-electron chi connectivity index (χ1n) is 20.3. The van der Waals surface area contributed by atoms with E-state index in [0.29, 0.717) is 35.4 Å². The van der Waals surface area contributed by atoms with E-state index in [9.17, 15) is 39.0 Å². The van der Waals surface area contributed by atoms with E-state index in [1.165, 1.54) is 29.3 Å². The Labute approximate surface area is 345 Å². The molecule has 2 heterocycles. The van der Waals surface area contributed by atoms with Crippen molar-refractivity contribution in [2.45, 2.75) is 136 Å². The van der Waals surface area contributed by atoms with Crippen molar-refractivity contribution in [2.24, 2.45) is 17.8 Å². The molecule has 0 bridgehead atoms. The summed E-state index contributed by atoms with van der Waals surface area (Å²) in [5.74, 6) is -4.83. The van der Waals surface area contributed by atoms with Crippen LogP contribution in [0.1, 0.15) is 132 Å². The Morgan fingerprint density at radius 2 is 1.81 bits per heavy atom. The standard InChI is InChI=1S/C42H61N5O10S/c1-9-25(6)37(45-39(52)33-12-10-11-15-46(33)8)41(53)47(22-56-36(50)16-23(2)3)34(24(4)5)20-35(57-26(7)48)40-44-32(21-58-40)38(51)43-28-17-27-13-14-29(49)19-30(27)31(18-28)42(54)55/h13-14,19,21,23-25,28,31,33-35,37,49H,9-12,15-18,20,22H2,1-8H3,(H,43,51)(H,45,52)(H,54,55)/t25-,28-,31+,33+,34+,35+,37-/m0/s1. The van der Waals surface area contributed by atoms with Crippen molar-refractivity contribution in [1.82, 2.24) is 25.4 Å². The molecule has 0 unspecified atom stereocenters. The summed E-state index contributed by atoms with van der Waals surface area (Å²) in [6, 6.07) is 2.06. The van der Waals surface area contributed by atoms with Gasteiger partial charge >= 0.3 is 17.9 Å². The summed E-state index contributed by atoms with van der Waals surface area (Å²) in [5, 5.41) is 27.7. The predicted octanol–water partition coefficient (Wildman–Crippen LogP) is 5.17. The minimum absolute atomic E-state index is 0.0174. The summed E-state index contributed by atoms with van der Waals surface area (Å²) in [5.41, 5.74) is 1.26. The molecule has 1 fully saturated rings. The summed E-state index contributed by atoms with van der Waals surface area (Å²) in [6.45, 7) is 13.0. The number of hydrogen-bond acceptors (Lipinski definition) is 12. The van der Waals surface area contributed by atoms with Crippen LogP contribution in [-0.4, -0.2) is 105 Å². The number of rotatable bonds is 18. The number of benzene rings is 1. The van der Waals surface area contributed by atoms with Crippen LogP contribution in [0, 0.1) is 17.8 Å². The molecule has 1 aliphatic carbocycles. The third-order valence-electron chi connectivity index (χ3n) is 11.2. The van der Waals surface area contributed by atoms with Gasteiger partial charge in [-0.1, -0.05) is 60.5 Å². The van der Waals surface area contributed by atoms with Gasteiger partial charge in [0.1, 0.15) is 22.5 Å². The van der Waals surface area contributed by atoms with Gasteiger partial charge in [-0.2, -0.15) is 0 Å². The summed E-state index contributed by atoms with van der Waals surface area (Å²) in [6.07, 6.45) is 2.80. The SMILES string of the molecule is CC[C@H](C)[C@H](NC(=O)[C@H]1CCCCN1C)C(=O)N(COC(=O)CC(C)C)[C@H](C[C@@H](OC(C)=O)c1nc(C(=O)N[C@H]2Cc3ccc(O)cc3[C@H](C(=O)O)C2)cs1)C(C)C. The van der Waals surface area contributed by atoms with Crippen LogP contribution in [0.25, 0.3) is 0 Å². The highest BCUT2D eigenvalue weighted by Gasteiger charge is 2.40. The van der Waals surface area contributed by atoms with Crippen molar-refractivity contribution in [3.63, 3.8) is 0 Å². The molecule has 16 heteroatoms. The van der Waals surface area contributed by atoms with Gasteiger partial charge in [0.25, 0.3) is 5.91 Å². The largest absolute Gasteiger partial charge is 0.508 e. The predicted molar refractivity (Wildman–Crippen MR) is 217 cm³/mol. The minimum Gasteiger partial charge on any atom is -0.508 e. The van der Waals surface area contributed by atoms with Crippen LogP contribution in [0.2, 0.25) is 0 Å². The molecule has 1 aliphatic heterocycles. The van der Waals surface area contributed by atoms with E-state index in [1.807, 2.05) is 53.5 Å². The quantitative estimate of drug-likeness (QED) is 0.114. The average Bonchev–Trinajstić information content (AvgIpc) is 3.66. The number of carbonyl (C=O) groups is 6. The number of aliphatic carboxylic acids is 1. The lowest BCUT2D eigenvalue weighted by molar-refractivity contribution is -0.161. The van der Waals surface area contributed by atoms with Gasteiger partial charge in [0.05, 0.1) is 12.0 Å². The number of nitrogens with zero attached hydrogens (tertiary/aromatic N) is 3. The molecule has 0 radical (unpaired) electrons. The number of aromatic nitrogens is 1. The van der Waals surface area contributed by atoms with Crippen LogP contribution in [0.5, 0.6) is 5.75 Å². The highest BCUT2D eigenvalue weighted by molar-refractivity contribution is 7.09. The van der Waals surface area contributed by atoms with Gasteiger partial charge in [-0.3, -0.25) is 33.7 Å². The fourth-order valence-electron chi connectivity index (χ4n) is 7.75. The fourth-order valence-corrected chi connectivity index (χ4v) is 8.59. The third-order valence-corrected chi connectivity index (χ3v) is 12.1. The Kier molecular flexibility index (Phi) is 16.6. The highest BCUT2D eigenvalue weighted by Crippen LogP contribution is 2.35. The highest BCUT2D eigenvalue weighted by atomic mass is 32.1. The number of piperidine rings is 1. The van der Waals surface area contributed by atoms with E-state index in [0.717, 1.165) is 30.7 Å². The lowest BCUT2D eigenvalue weighted by Crippen LogP contribution is -2.59. The van der Waals surface area contributed by atoms with E-state index in [1.54, 1.807) is 6.07 Å². The second-order valence-corrected chi connectivity index (χ2v) is 17.4. The number of ether oxygens (including phenoxy) is 2. The Balaban J connectivity index is 1.61. The van der Waals surface area contributed by atoms with Crippen LogP contribution in [0.3, 0.4) is 0 Å². The first-order valence-corrected chi connectivity index (χ1v) is 21.2. The van der Waals surface area contributed by atoms with Crippen molar-refractivity contribution in [3.8, 4) is 5.75 Å². The van der Waals surface area contributed by atoms with E-state index < -0.39 is 59.9 Å². The summed E-state index contributed by atoms with van der Waals surface area (Å²) < 4.78 is 11.5.